The largest absolute Gasteiger partial charge is 0.494 e. The normalized spacial score (nSPS) is 10.4. The molecule has 5 nitrogen and oxygen atoms in total. The first kappa shape index (κ1) is 17.5. The lowest BCUT2D eigenvalue weighted by Gasteiger charge is -2.14. The number of carbonyl (C=O) groups excluding carboxylic acids is 2. The van der Waals surface area contributed by atoms with E-state index in [1.807, 2.05) is 0 Å². The summed E-state index contributed by atoms with van der Waals surface area (Å²) in [5.74, 6) is -0.796. The van der Waals surface area contributed by atoms with Gasteiger partial charge in [0.15, 0.2) is 0 Å². The molecule has 0 saturated heterocycles. The Morgan fingerprint density at radius 1 is 1.08 bits per heavy atom. The molecule has 0 aromatic heterocycles. The molecule has 0 unspecified atom stereocenters. The van der Waals surface area contributed by atoms with Crippen molar-refractivity contribution in [1.29, 1.82) is 0 Å². The first-order valence-corrected chi connectivity index (χ1v) is 7.46. The van der Waals surface area contributed by atoms with Crippen LogP contribution in [0.1, 0.15) is 24.2 Å². The quantitative estimate of drug-likeness (QED) is 0.879. The molecule has 0 heterocycles. The van der Waals surface area contributed by atoms with E-state index >= 15 is 0 Å². The number of benzene rings is 2. The van der Waals surface area contributed by atoms with Crippen LogP contribution >= 0.6 is 0 Å². The minimum atomic E-state index is -0.480. The van der Waals surface area contributed by atoms with Gasteiger partial charge in [0.1, 0.15) is 11.6 Å². The van der Waals surface area contributed by atoms with E-state index in [0.29, 0.717) is 17.1 Å². The van der Waals surface area contributed by atoms with Crippen molar-refractivity contribution in [1.82, 2.24) is 0 Å². The second-order valence-corrected chi connectivity index (χ2v) is 5.52. The molecule has 0 atom stereocenters. The average Bonchev–Trinajstić information content (AvgIpc) is 2.55. The van der Waals surface area contributed by atoms with Crippen molar-refractivity contribution < 1.29 is 18.7 Å². The van der Waals surface area contributed by atoms with Crippen molar-refractivity contribution in [2.24, 2.45) is 5.92 Å². The molecule has 24 heavy (non-hydrogen) atoms. The van der Waals surface area contributed by atoms with Crippen molar-refractivity contribution in [2.45, 2.75) is 13.8 Å². The highest BCUT2D eigenvalue weighted by molar-refractivity contribution is 6.04. The number of hydrogen-bond acceptors (Lipinski definition) is 3. The maximum atomic E-state index is 13.2. The summed E-state index contributed by atoms with van der Waals surface area (Å²) >= 11 is 0. The van der Waals surface area contributed by atoms with Crippen molar-refractivity contribution >= 4 is 23.2 Å². The number of rotatable bonds is 5. The molecule has 0 saturated carbocycles. The molecule has 126 valence electrons. The fourth-order valence-electron chi connectivity index (χ4n) is 1.98. The predicted molar refractivity (Wildman–Crippen MR) is 90.8 cm³/mol. The van der Waals surface area contributed by atoms with Gasteiger partial charge in [0, 0.05) is 23.2 Å². The standard InChI is InChI=1S/C18H19FN2O3/c1-11(2)17(22)21-15-8-7-14(10-16(15)24-3)20-18(23)12-5-4-6-13(19)9-12/h4-11H,1-3H3,(H,20,23)(H,21,22). The molecular weight excluding hydrogens is 311 g/mol. The Kier molecular flexibility index (Phi) is 5.52. The lowest BCUT2D eigenvalue weighted by molar-refractivity contribution is -0.118. The number of carbonyl (C=O) groups is 2. The third-order valence-corrected chi connectivity index (χ3v) is 3.33. The summed E-state index contributed by atoms with van der Waals surface area (Å²) in [6.07, 6.45) is 0. The molecule has 0 aliphatic rings. The number of halogens is 1. The van der Waals surface area contributed by atoms with Gasteiger partial charge in [0.25, 0.3) is 5.91 Å². The molecule has 0 bridgehead atoms. The van der Waals surface area contributed by atoms with Crippen LogP contribution in [0.4, 0.5) is 15.8 Å². The molecule has 0 fully saturated rings. The van der Waals surface area contributed by atoms with Crippen molar-refractivity contribution in [2.75, 3.05) is 17.7 Å². The van der Waals surface area contributed by atoms with E-state index in [9.17, 15) is 14.0 Å². The Balaban J connectivity index is 2.17. The van der Waals surface area contributed by atoms with Crippen LogP contribution in [0, 0.1) is 11.7 Å². The van der Waals surface area contributed by atoms with E-state index in [2.05, 4.69) is 10.6 Å². The lowest BCUT2D eigenvalue weighted by Crippen LogP contribution is -2.18. The first-order chi connectivity index (χ1) is 11.4. The zero-order valence-electron chi connectivity index (χ0n) is 13.7. The highest BCUT2D eigenvalue weighted by Gasteiger charge is 2.13. The van der Waals surface area contributed by atoms with Gasteiger partial charge in [-0.05, 0) is 30.3 Å². The van der Waals surface area contributed by atoms with Gasteiger partial charge >= 0.3 is 0 Å². The highest BCUT2D eigenvalue weighted by Crippen LogP contribution is 2.28. The van der Waals surface area contributed by atoms with Gasteiger partial charge in [-0.1, -0.05) is 19.9 Å². The molecule has 0 radical (unpaired) electrons. The summed E-state index contributed by atoms with van der Waals surface area (Å²) in [7, 11) is 1.47. The lowest BCUT2D eigenvalue weighted by atomic mass is 10.1. The van der Waals surface area contributed by atoms with Crippen molar-refractivity contribution in [3.63, 3.8) is 0 Å². The Morgan fingerprint density at radius 3 is 2.46 bits per heavy atom. The van der Waals surface area contributed by atoms with E-state index in [-0.39, 0.29) is 17.4 Å². The van der Waals surface area contributed by atoms with Crippen LogP contribution in [0.3, 0.4) is 0 Å². The first-order valence-electron chi connectivity index (χ1n) is 7.46. The molecule has 2 aromatic rings. The average molecular weight is 330 g/mol. The number of methoxy groups -OCH3 is 1. The number of ether oxygens (including phenoxy) is 1. The number of nitrogens with one attached hydrogen (secondary N) is 2. The zero-order chi connectivity index (χ0) is 17.7. The summed E-state index contributed by atoms with van der Waals surface area (Å²) < 4.78 is 18.4. The Hall–Kier alpha value is -2.89. The minimum absolute atomic E-state index is 0.134. The summed E-state index contributed by atoms with van der Waals surface area (Å²) in [6.45, 7) is 3.57. The van der Waals surface area contributed by atoms with Crippen LogP contribution in [0.25, 0.3) is 0 Å². The van der Waals surface area contributed by atoms with Crippen LogP contribution in [0.2, 0.25) is 0 Å². The van der Waals surface area contributed by atoms with Crippen LogP contribution in [0.15, 0.2) is 42.5 Å². The maximum Gasteiger partial charge on any atom is 0.255 e. The molecule has 0 aliphatic carbocycles. The summed E-state index contributed by atoms with van der Waals surface area (Å²) in [5, 5.41) is 5.42. The van der Waals surface area contributed by atoms with E-state index < -0.39 is 11.7 Å². The second kappa shape index (κ2) is 7.59. The SMILES string of the molecule is COc1cc(NC(=O)c2cccc(F)c2)ccc1NC(=O)C(C)C. The molecule has 0 aliphatic heterocycles. The van der Waals surface area contributed by atoms with Crippen LogP contribution in [0.5, 0.6) is 5.75 Å². The van der Waals surface area contributed by atoms with E-state index in [1.54, 1.807) is 32.0 Å². The third kappa shape index (κ3) is 4.32. The van der Waals surface area contributed by atoms with Gasteiger partial charge in [-0.25, -0.2) is 4.39 Å². The minimum Gasteiger partial charge on any atom is -0.494 e. The molecule has 2 amide bonds. The zero-order valence-corrected chi connectivity index (χ0v) is 13.7. The van der Waals surface area contributed by atoms with Gasteiger partial charge in [-0.15, -0.1) is 0 Å². The van der Waals surface area contributed by atoms with Gasteiger partial charge in [0.05, 0.1) is 12.8 Å². The number of amides is 2. The van der Waals surface area contributed by atoms with Crippen LogP contribution < -0.4 is 15.4 Å². The third-order valence-electron chi connectivity index (χ3n) is 3.33. The monoisotopic (exact) mass is 330 g/mol. The highest BCUT2D eigenvalue weighted by atomic mass is 19.1. The molecule has 6 heteroatoms. The molecular formula is C18H19FN2O3. The fraction of sp³-hybridized carbons (Fsp3) is 0.222. The fourth-order valence-corrected chi connectivity index (χ4v) is 1.98. The van der Waals surface area contributed by atoms with Gasteiger partial charge < -0.3 is 15.4 Å². The Bertz CT molecular complexity index is 760. The van der Waals surface area contributed by atoms with Gasteiger partial charge in [0.2, 0.25) is 5.91 Å². The van der Waals surface area contributed by atoms with Crippen molar-refractivity contribution in [3.05, 3.63) is 53.8 Å². The topological polar surface area (TPSA) is 67.4 Å². The molecule has 2 aromatic carbocycles. The van der Waals surface area contributed by atoms with Crippen LogP contribution in [-0.2, 0) is 4.79 Å². The van der Waals surface area contributed by atoms with E-state index in [4.69, 9.17) is 4.74 Å². The molecule has 2 rings (SSSR count). The Morgan fingerprint density at radius 2 is 1.83 bits per heavy atom. The maximum absolute atomic E-state index is 13.2. The number of anilines is 2. The van der Waals surface area contributed by atoms with Gasteiger partial charge in [-0.3, -0.25) is 9.59 Å². The van der Waals surface area contributed by atoms with Crippen molar-refractivity contribution in [3.8, 4) is 5.75 Å². The molecule has 0 spiro atoms. The summed E-state index contributed by atoms with van der Waals surface area (Å²) in [6, 6.07) is 10.3. The number of hydrogen-bond donors (Lipinski definition) is 2. The summed E-state index contributed by atoms with van der Waals surface area (Å²) in [5.41, 5.74) is 1.20. The van der Waals surface area contributed by atoms with Gasteiger partial charge in [-0.2, -0.15) is 0 Å². The smallest absolute Gasteiger partial charge is 0.255 e. The van der Waals surface area contributed by atoms with E-state index in [0.717, 1.165) is 6.07 Å². The van der Waals surface area contributed by atoms with Crippen LogP contribution in [-0.4, -0.2) is 18.9 Å². The second-order valence-electron chi connectivity index (χ2n) is 5.52. The van der Waals surface area contributed by atoms with E-state index in [1.165, 1.54) is 25.3 Å². The predicted octanol–water partition coefficient (Wildman–Crippen LogP) is 3.68. The molecule has 2 N–H and O–H groups in total. The summed E-state index contributed by atoms with van der Waals surface area (Å²) in [4.78, 5) is 23.9. The Labute approximate surface area is 139 Å².